The van der Waals surface area contributed by atoms with E-state index in [1.165, 1.54) is 4.40 Å². The van der Waals surface area contributed by atoms with Gasteiger partial charge in [-0.15, -0.1) is 4.98 Å². The number of hydrogen-bond acceptors (Lipinski definition) is 5. The van der Waals surface area contributed by atoms with Gasteiger partial charge in [-0.2, -0.15) is 4.98 Å². The molecule has 0 aliphatic rings. The average Bonchev–Trinajstić information content (AvgIpc) is 2.38. The molecule has 0 radical (unpaired) electrons. The lowest BCUT2D eigenvalue weighted by Gasteiger charge is -2.07. The molecule has 100 valence electrons. The van der Waals surface area contributed by atoms with E-state index < -0.39 is 5.69 Å². The van der Waals surface area contributed by atoms with Gasteiger partial charge in [-0.05, 0) is 26.0 Å². The average molecular weight is 268 g/mol. The SMILES string of the molecule is Cc1cc2nc(Oc3ccccc3)nc(=O)n2c(C)n1. The van der Waals surface area contributed by atoms with Crippen molar-refractivity contribution in [1.29, 1.82) is 0 Å². The van der Waals surface area contributed by atoms with Gasteiger partial charge in [0.05, 0.1) is 0 Å². The normalized spacial score (nSPS) is 10.7. The lowest BCUT2D eigenvalue weighted by molar-refractivity contribution is 0.438. The van der Waals surface area contributed by atoms with Gasteiger partial charge in [0, 0.05) is 11.8 Å². The second-order valence-electron chi connectivity index (χ2n) is 4.34. The molecule has 2 aromatic heterocycles. The van der Waals surface area contributed by atoms with E-state index in [1.807, 2.05) is 25.1 Å². The molecule has 0 amide bonds. The Balaban J connectivity index is 2.12. The van der Waals surface area contributed by atoms with E-state index in [4.69, 9.17) is 4.74 Å². The van der Waals surface area contributed by atoms with Crippen LogP contribution in [0, 0.1) is 13.8 Å². The summed E-state index contributed by atoms with van der Waals surface area (Å²) in [6.45, 7) is 3.58. The predicted octanol–water partition coefficient (Wildman–Crippen LogP) is 1.89. The van der Waals surface area contributed by atoms with Crippen LogP contribution in [0.2, 0.25) is 0 Å². The van der Waals surface area contributed by atoms with Gasteiger partial charge in [0.1, 0.15) is 17.2 Å². The summed E-state index contributed by atoms with van der Waals surface area (Å²) in [6, 6.07) is 10.8. The highest BCUT2D eigenvalue weighted by molar-refractivity contribution is 5.40. The molecule has 0 bridgehead atoms. The molecule has 0 N–H and O–H groups in total. The molecule has 3 rings (SSSR count). The monoisotopic (exact) mass is 268 g/mol. The minimum Gasteiger partial charge on any atom is -0.424 e. The molecule has 6 nitrogen and oxygen atoms in total. The van der Waals surface area contributed by atoms with Crippen molar-refractivity contribution in [2.24, 2.45) is 0 Å². The van der Waals surface area contributed by atoms with Gasteiger partial charge < -0.3 is 4.74 Å². The van der Waals surface area contributed by atoms with E-state index in [-0.39, 0.29) is 6.01 Å². The van der Waals surface area contributed by atoms with Gasteiger partial charge in [-0.25, -0.2) is 14.2 Å². The maximum atomic E-state index is 12.0. The fourth-order valence-corrected chi connectivity index (χ4v) is 1.97. The van der Waals surface area contributed by atoms with Crippen molar-refractivity contribution in [1.82, 2.24) is 19.4 Å². The third kappa shape index (κ3) is 2.23. The molecule has 0 aliphatic carbocycles. The number of hydrogen-bond donors (Lipinski definition) is 0. The van der Waals surface area contributed by atoms with Gasteiger partial charge in [-0.1, -0.05) is 18.2 Å². The van der Waals surface area contributed by atoms with Crippen LogP contribution in [0.25, 0.3) is 5.65 Å². The van der Waals surface area contributed by atoms with Crippen LogP contribution >= 0.6 is 0 Å². The number of rotatable bonds is 2. The first kappa shape index (κ1) is 12.3. The first-order chi connectivity index (χ1) is 9.63. The van der Waals surface area contributed by atoms with Crippen LogP contribution in [-0.4, -0.2) is 19.4 Å². The quantitative estimate of drug-likeness (QED) is 0.710. The van der Waals surface area contributed by atoms with Crippen molar-refractivity contribution in [3.63, 3.8) is 0 Å². The van der Waals surface area contributed by atoms with Gasteiger partial charge in [0.15, 0.2) is 0 Å². The summed E-state index contributed by atoms with van der Waals surface area (Å²) in [5.74, 6) is 1.13. The van der Waals surface area contributed by atoms with Crippen molar-refractivity contribution in [3.8, 4) is 11.8 Å². The van der Waals surface area contributed by atoms with Crippen LogP contribution in [0.15, 0.2) is 41.2 Å². The second kappa shape index (κ2) is 4.73. The van der Waals surface area contributed by atoms with E-state index in [9.17, 15) is 4.79 Å². The van der Waals surface area contributed by atoms with Crippen LogP contribution in [-0.2, 0) is 0 Å². The van der Waals surface area contributed by atoms with Crippen LogP contribution in [0.4, 0.5) is 0 Å². The van der Waals surface area contributed by atoms with Crippen molar-refractivity contribution >= 4 is 5.65 Å². The molecular weight excluding hydrogens is 256 g/mol. The highest BCUT2D eigenvalue weighted by atomic mass is 16.5. The molecule has 2 heterocycles. The zero-order valence-electron chi connectivity index (χ0n) is 11.1. The highest BCUT2D eigenvalue weighted by Crippen LogP contribution is 2.16. The molecule has 0 unspecified atom stereocenters. The lowest BCUT2D eigenvalue weighted by atomic mass is 10.3. The third-order valence-electron chi connectivity index (χ3n) is 2.77. The van der Waals surface area contributed by atoms with E-state index in [0.717, 1.165) is 5.69 Å². The van der Waals surface area contributed by atoms with Gasteiger partial charge in [-0.3, -0.25) is 0 Å². The lowest BCUT2D eigenvalue weighted by Crippen LogP contribution is -2.22. The Hall–Kier alpha value is -2.76. The van der Waals surface area contributed by atoms with Crippen molar-refractivity contribution in [2.75, 3.05) is 0 Å². The summed E-state index contributed by atoms with van der Waals surface area (Å²) in [4.78, 5) is 24.3. The minimum absolute atomic E-state index is 0.0335. The number of aromatic nitrogens is 4. The van der Waals surface area contributed by atoms with Gasteiger partial charge in [0.25, 0.3) is 0 Å². The first-order valence-electron chi connectivity index (χ1n) is 6.11. The van der Waals surface area contributed by atoms with E-state index >= 15 is 0 Å². The van der Waals surface area contributed by atoms with Crippen molar-refractivity contribution < 1.29 is 4.74 Å². The van der Waals surface area contributed by atoms with Gasteiger partial charge in [0.2, 0.25) is 0 Å². The highest BCUT2D eigenvalue weighted by Gasteiger charge is 2.09. The molecular formula is C14H12N4O2. The number of aryl methyl sites for hydroxylation is 2. The zero-order valence-corrected chi connectivity index (χ0v) is 11.1. The fourth-order valence-electron chi connectivity index (χ4n) is 1.97. The molecule has 0 saturated carbocycles. The summed E-state index contributed by atoms with van der Waals surface area (Å²) in [5.41, 5.74) is 0.804. The van der Waals surface area contributed by atoms with Crippen molar-refractivity contribution in [2.45, 2.75) is 13.8 Å². The van der Waals surface area contributed by atoms with Crippen molar-refractivity contribution in [3.05, 3.63) is 58.4 Å². The molecule has 3 aromatic rings. The summed E-state index contributed by atoms with van der Waals surface area (Å²) in [7, 11) is 0. The summed E-state index contributed by atoms with van der Waals surface area (Å²) in [6.07, 6.45) is 0. The van der Waals surface area contributed by atoms with E-state index in [1.54, 1.807) is 25.1 Å². The maximum Gasteiger partial charge on any atom is 0.359 e. The zero-order chi connectivity index (χ0) is 14.1. The van der Waals surface area contributed by atoms with Crippen LogP contribution < -0.4 is 10.4 Å². The van der Waals surface area contributed by atoms with E-state index in [2.05, 4.69) is 15.0 Å². The summed E-state index contributed by atoms with van der Waals surface area (Å²) >= 11 is 0. The Bertz CT molecular complexity index is 828. The topological polar surface area (TPSA) is 69.4 Å². The van der Waals surface area contributed by atoms with E-state index in [0.29, 0.717) is 17.2 Å². The Morgan fingerprint density at radius 2 is 1.80 bits per heavy atom. The molecule has 0 saturated heterocycles. The Labute approximate surface area is 114 Å². The molecule has 0 fully saturated rings. The molecule has 0 aliphatic heterocycles. The Morgan fingerprint density at radius 3 is 2.55 bits per heavy atom. The third-order valence-corrected chi connectivity index (χ3v) is 2.77. The van der Waals surface area contributed by atoms with Gasteiger partial charge >= 0.3 is 11.7 Å². The standard InChI is InChI=1S/C14H12N4O2/c1-9-8-12-16-13(20-11-6-4-3-5-7-11)17-14(19)18(12)10(2)15-9/h3-8H,1-2H3. The Morgan fingerprint density at radius 1 is 1.05 bits per heavy atom. The molecule has 0 atom stereocenters. The molecule has 0 spiro atoms. The number of ether oxygens (including phenoxy) is 1. The first-order valence-corrected chi connectivity index (χ1v) is 6.11. The predicted molar refractivity (Wildman–Crippen MR) is 73.0 cm³/mol. The van der Waals surface area contributed by atoms with Crippen LogP contribution in [0.1, 0.15) is 11.5 Å². The second-order valence-corrected chi connectivity index (χ2v) is 4.34. The van der Waals surface area contributed by atoms with Crippen LogP contribution in [0.5, 0.6) is 11.8 Å². The minimum atomic E-state index is -0.453. The van der Waals surface area contributed by atoms with Crippen LogP contribution in [0.3, 0.4) is 0 Å². The molecule has 20 heavy (non-hydrogen) atoms. The number of para-hydroxylation sites is 1. The Kier molecular flexibility index (Phi) is 2.90. The largest absolute Gasteiger partial charge is 0.424 e. The maximum absolute atomic E-state index is 12.0. The summed E-state index contributed by atoms with van der Waals surface area (Å²) in [5, 5.41) is 0. The number of benzene rings is 1. The molecule has 6 heteroatoms. The smallest absolute Gasteiger partial charge is 0.359 e. The summed E-state index contributed by atoms with van der Waals surface area (Å²) < 4.78 is 6.84. The fraction of sp³-hybridized carbons (Fsp3) is 0.143. The number of nitrogens with zero attached hydrogens (tertiary/aromatic N) is 4. The number of fused-ring (bicyclic) bond motifs is 1. The molecule has 1 aromatic carbocycles.